The van der Waals surface area contributed by atoms with E-state index in [0.29, 0.717) is 11.5 Å². The van der Waals surface area contributed by atoms with Crippen molar-refractivity contribution in [2.45, 2.75) is 124 Å². The van der Waals surface area contributed by atoms with E-state index in [1.54, 1.807) is 0 Å². The lowest BCUT2D eigenvalue weighted by Crippen LogP contribution is -2.48. The van der Waals surface area contributed by atoms with Crippen LogP contribution in [0.4, 0.5) is 0 Å². The molecular weight excluding hydrogens is 354 g/mol. The molecule has 8 atom stereocenters. The maximum atomic E-state index is 10.4. The zero-order valence-electron chi connectivity index (χ0n) is 20.3. The summed E-state index contributed by atoms with van der Waals surface area (Å²) in [5.41, 5.74) is 0.568. The SMILES string of the molecule is CCCC[C@H](O)C[C@@H]1CC[C@@H]2[C@H](CC[C@]3(C)[C@@H](C(C)NCCC(C)C)CC[C@@H]23)C1. The molecule has 1 unspecified atom stereocenters. The van der Waals surface area contributed by atoms with Crippen molar-refractivity contribution in [2.24, 2.45) is 40.9 Å². The van der Waals surface area contributed by atoms with E-state index in [-0.39, 0.29) is 6.10 Å². The van der Waals surface area contributed by atoms with E-state index in [2.05, 4.69) is 39.9 Å². The Morgan fingerprint density at radius 2 is 1.83 bits per heavy atom. The average Bonchev–Trinajstić information content (AvgIpc) is 3.03. The highest BCUT2D eigenvalue weighted by Crippen LogP contribution is 2.62. The van der Waals surface area contributed by atoms with Crippen LogP contribution in [0.1, 0.15) is 112 Å². The van der Waals surface area contributed by atoms with Crippen molar-refractivity contribution in [1.82, 2.24) is 5.32 Å². The van der Waals surface area contributed by atoms with Crippen LogP contribution in [-0.2, 0) is 0 Å². The minimum absolute atomic E-state index is 0.0426. The molecule has 0 aromatic heterocycles. The summed E-state index contributed by atoms with van der Waals surface area (Å²) < 4.78 is 0. The number of unbranched alkanes of at least 4 members (excludes halogenated alkanes) is 1. The highest BCUT2D eigenvalue weighted by Gasteiger charge is 2.55. The Balaban J connectivity index is 1.53. The molecule has 0 heterocycles. The Morgan fingerprint density at radius 1 is 1.03 bits per heavy atom. The molecular formula is C27H51NO. The van der Waals surface area contributed by atoms with Gasteiger partial charge in [-0.05, 0) is 112 Å². The van der Waals surface area contributed by atoms with E-state index in [1.165, 1.54) is 70.8 Å². The van der Waals surface area contributed by atoms with Gasteiger partial charge >= 0.3 is 0 Å². The minimum atomic E-state index is -0.0426. The summed E-state index contributed by atoms with van der Waals surface area (Å²) >= 11 is 0. The molecule has 3 saturated carbocycles. The van der Waals surface area contributed by atoms with Crippen molar-refractivity contribution in [3.05, 3.63) is 0 Å². The molecule has 2 N–H and O–H groups in total. The molecule has 0 aromatic rings. The monoisotopic (exact) mass is 405 g/mol. The van der Waals surface area contributed by atoms with Gasteiger partial charge in [0.05, 0.1) is 6.10 Å². The number of aliphatic hydroxyl groups is 1. The molecule has 0 amide bonds. The van der Waals surface area contributed by atoms with Gasteiger partial charge in [0.2, 0.25) is 0 Å². The van der Waals surface area contributed by atoms with Crippen LogP contribution >= 0.6 is 0 Å². The van der Waals surface area contributed by atoms with Gasteiger partial charge in [-0.2, -0.15) is 0 Å². The summed E-state index contributed by atoms with van der Waals surface area (Å²) in [6, 6.07) is 0.672. The van der Waals surface area contributed by atoms with E-state index in [0.717, 1.165) is 48.3 Å². The lowest BCUT2D eigenvalue weighted by atomic mass is 9.53. The number of hydrogen-bond acceptors (Lipinski definition) is 2. The predicted octanol–water partition coefficient (Wildman–Crippen LogP) is 6.81. The summed E-state index contributed by atoms with van der Waals surface area (Å²) in [4.78, 5) is 0. The Kier molecular flexibility index (Phi) is 8.53. The molecule has 29 heavy (non-hydrogen) atoms. The first-order chi connectivity index (χ1) is 13.8. The van der Waals surface area contributed by atoms with Gasteiger partial charge < -0.3 is 10.4 Å². The van der Waals surface area contributed by atoms with Gasteiger partial charge in [0.25, 0.3) is 0 Å². The predicted molar refractivity (Wildman–Crippen MR) is 125 cm³/mol. The Labute approximate surface area is 182 Å². The largest absolute Gasteiger partial charge is 0.393 e. The lowest BCUT2D eigenvalue weighted by molar-refractivity contribution is -0.0315. The fourth-order valence-electron chi connectivity index (χ4n) is 7.83. The van der Waals surface area contributed by atoms with Crippen LogP contribution in [-0.4, -0.2) is 23.8 Å². The van der Waals surface area contributed by atoms with Crippen molar-refractivity contribution in [1.29, 1.82) is 0 Å². The van der Waals surface area contributed by atoms with E-state index in [4.69, 9.17) is 0 Å². The summed E-state index contributed by atoms with van der Waals surface area (Å²) in [6.45, 7) is 13.2. The third-order valence-electron chi connectivity index (χ3n) is 9.49. The molecule has 3 aliphatic rings. The maximum Gasteiger partial charge on any atom is 0.0542 e. The first kappa shape index (κ1) is 23.6. The molecule has 0 radical (unpaired) electrons. The van der Waals surface area contributed by atoms with Crippen molar-refractivity contribution >= 4 is 0 Å². The Hall–Kier alpha value is -0.0800. The van der Waals surface area contributed by atoms with E-state index >= 15 is 0 Å². The third kappa shape index (κ3) is 5.59. The molecule has 0 aliphatic heterocycles. The summed E-state index contributed by atoms with van der Waals surface area (Å²) in [6.07, 6.45) is 15.8. The smallest absolute Gasteiger partial charge is 0.0542 e. The van der Waals surface area contributed by atoms with E-state index < -0.39 is 0 Å². The number of rotatable bonds is 10. The van der Waals surface area contributed by atoms with Gasteiger partial charge in [0, 0.05) is 6.04 Å². The van der Waals surface area contributed by atoms with Crippen molar-refractivity contribution in [2.75, 3.05) is 6.54 Å². The molecule has 0 bridgehead atoms. The standard InChI is InChI=1S/C27H51NO/c1-6-7-8-23(29)18-21-9-10-24-22(17-21)13-15-27(5)25(11-12-26(24)27)20(4)28-16-14-19(2)3/h19-26,28-29H,6-18H2,1-5H3/t20?,21-,22-,23+,24-,25-,26+,27-/m1/s1. The molecule has 2 heteroatoms. The highest BCUT2D eigenvalue weighted by molar-refractivity contribution is 5.05. The second kappa shape index (κ2) is 10.5. The number of hydrogen-bond donors (Lipinski definition) is 2. The molecule has 3 rings (SSSR count). The zero-order valence-corrected chi connectivity index (χ0v) is 20.3. The van der Waals surface area contributed by atoms with Gasteiger partial charge in [-0.25, -0.2) is 0 Å². The van der Waals surface area contributed by atoms with Gasteiger partial charge in [-0.15, -0.1) is 0 Å². The van der Waals surface area contributed by atoms with Gasteiger partial charge in [-0.3, -0.25) is 0 Å². The Bertz CT molecular complexity index is 491. The van der Waals surface area contributed by atoms with Gasteiger partial charge in [0.15, 0.2) is 0 Å². The van der Waals surface area contributed by atoms with Gasteiger partial charge in [0.1, 0.15) is 0 Å². The molecule has 0 saturated heterocycles. The number of fused-ring (bicyclic) bond motifs is 3. The third-order valence-corrected chi connectivity index (χ3v) is 9.49. The van der Waals surface area contributed by atoms with Crippen LogP contribution in [0.15, 0.2) is 0 Å². The molecule has 3 aliphatic carbocycles. The molecule has 0 aromatic carbocycles. The normalized spacial score (nSPS) is 39.2. The summed E-state index contributed by atoms with van der Waals surface area (Å²) in [7, 11) is 0. The zero-order chi connectivity index (χ0) is 21.0. The maximum absolute atomic E-state index is 10.4. The molecule has 170 valence electrons. The quantitative estimate of drug-likeness (QED) is 0.418. The van der Waals surface area contributed by atoms with Gasteiger partial charge in [-0.1, -0.05) is 47.0 Å². The van der Waals surface area contributed by atoms with Crippen LogP contribution in [0, 0.1) is 40.9 Å². The van der Waals surface area contributed by atoms with E-state index in [9.17, 15) is 5.11 Å². The first-order valence-electron chi connectivity index (χ1n) is 13.3. The van der Waals surface area contributed by atoms with E-state index in [1.807, 2.05) is 0 Å². The molecule has 0 spiro atoms. The second-order valence-corrected chi connectivity index (χ2v) is 11.9. The average molecular weight is 406 g/mol. The molecule has 3 fully saturated rings. The van der Waals surface area contributed by atoms with Crippen LogP contribution in [0.3, 0.4) is 0 Å². The van der Waals surface area contributed by atoms with Crippen LogP contribution in [0.5, 0.6) is 0 Å². The fourth-order valence-corrected chi connectivity index (χ4v) is 7.83. The van der Waals surface area contributed by atoms with Crippen LogP contribution < -0.4 is 5.32 Å². The summed E-state index contributed by atoms with van der Waals surface area (Å²) in [5.74, 6) is 5.36. The fraction of sp³-hybridized carbons (Fsp3) is 1.00. The lowest BCUT2D eigenvalue weighted by Gasteiger charge is -2.53. The van der Waals surface area contributed by atoms with Crippen LogP contribution in [0.2, 0.25) is 0 Å². The van der Waals surface area contributed by atoms with Crippen molar-refractivity contribution in [3.8, 4) is 0 Å². The van der Waals surface area contributed by atoms with Crippen molar-refractivity contribution < 1.29 is 5.11 Å². The minimum Gasteiger partial charge on any atom is -0.393 e. The highest BCUT2D eigenvalue weighted by atomic mass is 16.3. The molecule has 2 nitrogen and oxygen atoms in total. The van der Waals surface area contributed by atoms with Crippen molar-refractivity contribution in [3.63, 3.8) is 0 Å². The summed E-state index contributed by atoms with van der Waals surface area (Å²) in [5, 5.41) is 14.3. The number of aliphatic hydroxyl groups excluding tert-OH is 1. The number of nitrogens with one attached hydrogen (secondary N) is 1. The Morgan fingerprint density at radius 3 is 2.55 bits per heavy atom. The van der Waals surface area contributed by atoms with Crippen LogP contribution in [0.25, 0.3) is 0 Å². The second-order valence-electron chi connectivity index (χ2n) is 11.9. The topological polar surface area (TPSA) is 32.3 Å². The first-order valence-corrected chi connectivity index (χ1v) is 13.3.